The Bertz CT molecular complexity index is 1230. The number of fused-ring (bicyclic) bond motifs is 1. The van der Waals surface area contributed by atoms with Gasteiger partial charge >= 0.3 is 0 Å². The Balaban J connectivity index is 1.07. The lowest BCUT2D eigenvalue weighted by atomic mass is 9.94. The molecular formula is C27H29N5O. The quantitative estimate of drug-likeness (QED) is 0.590. The number of nitrogens with zero attached hydrogens (tertiary/aromatic N) is 5. The molecule has 1 amide bonds. The molecule has 3 aromatic rings. The Labute approximate surface area is 194 Å². The van der Waals surface area contributed by atoms with Gasteiger partial charge in [0, 0.05) is 72.9 Å². The molecule has 1 saturated heterocycles. The Hall–Kier alpha value is -3.28. The van der Waals surface area contributed by atoms with Gasteiger partial charge in [0.15, 0.2) is 0 Å². The molecule has 6 rings (SSSR count). The van der Waals surface area contributed by atoms with Gasteiger partial charge in [0.1, 0.15) is 0 Å². The van der Waals surface area contributed by atoms with Gasteiger partial charge in [0.05, 0.1) is 17.9 Å². The first kappa shape index (κ1) is 20.3. The fourth-order valence-electron chi connectivity index (χ4n) is 5.16. The van der Waals surface area contributed by atoms with Crippen LogP contribution in [-0.2, 0) is 17.9 Å². The molecule has 2 aliphatic heterocycles. The monoisotopic (exact) mass is 439 g/mol. The number of carbonyl (C=O) groups is 1. The summed E-state index contributed by atoms with van der Waals surface area (Å²) in [6.45, 7) is 7.31. The lowest BCUT2D eigenvalue weighted by Gasteiger charge is -2.41. The summed E-state index contributed by atoms with van der Waals surface area (Å²) < 4.78 is 0. The molecule has 0 radical (unpaired) electrons. The van der Waals surface area contributed by atoms with Crippen molar-refractivity contribution in [2.24, 2.45) is 5.92 Å². The zero-order valence-corrected chi connectivity index (χ0v) is 19.3. The third-order valence-corrected chi connectivity index (χ3v) is 7.20. The van der Waals surface area contributed by atoms with Gasteiger partial charge in [-0.3, -0.25) is 19.7 Å². The van der Waals surface area contributed by atoms with Crippen LogP contribution in [0.4, 0.5) is 5.69 Å². The summed E-state index contributed by atoms with van der Waals surface area (Å²) in [5.74, 6) is 1.28. The van der Waals surface area contributed by atoms with E-state index in [0.29, 0.717) is 31.3 Å². The summed E-state index contributed by atoms with van der Waals surface area (Å²) in [6, 6.07) is 10.6. The van der Waals surface area contributed by atoms with E-state index in [2.05, 4.69) is 51.0 Å². The van der Waals surface area contributed by atoms with E-state index >= 15 is 0 Å². The number of hydrogen-bond acceptors (Lipinski definition) is 5. The topological polar surface area (TPSA) is 62.2 Å². The van der Waals surface area contributed by atoms with Gasteiger partial charge in [0.25, 0.3) is 0 Å². The normalized spacial score (nSPS) is 17.8. The van der Waals surface area contributed by atoms with Crippen molar-refractivity contribution in [3.05, 3.63) is 70.9 Å². The molecule has 3 aromatic heterocycles. The van der Waals surface area contributed by atoms with E-state index in [1.54, 1.807) is 0 Å². The average molecular weight is 440 g/mol. The predicted molar refractivity (Wildman–Crippen MR) is 128 cm³/mol. The first-order chi connectivity index (χ1) is 16.0. The van der Waals surface area contributed by atoms with Crippen molar-refractivity contribution in [1.29, 1.82) is 0 Å². The van der Waals surface area contributed by atoms with Crippen LogP contribution in [-0.4, -0.2) is 38.8 Å². The molecule has 3 aliphatic rings. The Morgan fingerprint density at radius 1 is 1.03 bits per heavy atom. The van der Waals surface area contributed by atoms with Crippen LogP contribution in [0, 0.1) is 19.8 Å². The lowest BCUT2D eigenvalue weighted by Crippen LogP contribution is -2.48. The van der Waals surface area contributed by atoms with Gasteiger partial charge in [-0.15, -0.1) is 0 Å². The number of aromatic nitrogens is 3. The lowest BCUT2D eigenvalue weighted by molar-refractivity contribution is -0.133. The summed E-state index contributed by atoms with van der Waals surface area (Å²) in [5.41, 5.74) is 9.06. The molecule has 1 aliphatic carbocycles. The minimum absolute atomic E-state index is 0.245. The summed E-state index contributed by atoms with van der Waals surface area (Å²) in [5, 5.41) is 0. The van der Waals surface area contributed by atoms with E-state index < -0.39 is 0 Å². The van der Waals surface area contributed by atoms with E-state index in [9.17, 15) is 4.79 Å². The van der Waals surface area contributed by atoms with E-state index in [4.69, 9.17) is 0 Å². The fourth-order valence-corrected chi connectivity index (χ4v) is 5.16. The third kappa shape index (κ3) is 3.99. The SMILES string of the molecule is Cc1cc(C)c2c(n1)CN(C(=O)CC1CN(c3ccnc(-c4ccnc(C5CC5)c4)c3)C1)C2. The molecule has 2 fully saturated rings. The van der Waals surface area contributed by atoms with Gasteiger partial charge in [-0.05, 0) is 68.1 Å². The number of carbonyl (C=O) groups excluding carboxylic acids is 1. The highest BCUT2D eigenvalue weighted by Gasteiger charge is 2.33. The van der Waals surface area contributed by atoms with Crippen molar-refractivity contribution in [3.8, 4) is 11.3 Å². The van der Waals surface area contributed by atoms with Crippen LogP contribution in [0.5, 0.6) is 0 Å². The molecule has 6 heteroatoms. The molecule has 0 atom stereocenters. The van der Waals surface area contributed by atoms with Crippen LogP contribution >= 0.6 is 0 Å². The summed E-state index contributed by atoms with van der Waals surface area (Å²) in [4.78, 5) is 31.0. The molecule has 6 nitrogen and oxygen atoms in total. The number of rotatable bonds is 5. The number of amides is 1. The largest absolute Gasteiger partial charge is 0.371 e. The average Bonchev–Trinajstić information content (AvgIpc) is 3.55. The fraction of sp³-hybridized carbons (Fsp3) is 0.407. The van der Waals surface area contributed by atoms with E-state index in [0.717, 1.165) is 35.7 Å². The van der Waals surface area contributed by atoms with Gasteiger partial charge in [-0.25, -0.2) is 0 Å². The molecule has 168 valence electrons. The van der Waals surface area contributed by atoms with Crippen molar-refractivity contribution in [2.45, 2.75) is 52.1 Å². The van der Waals surface area contributed by atoms with Crippen LogP contribution in [0.1, 0.15) is 53.4 Å². The minimum atomic E-state index is 0.245. The Morgan fingerprint density at radius 2 is 1.85 bits per heavy atom. The highest BCUT2D eigenvalue weighted by Crippen LogP contribution is 2.40. The highest BCUT2D eigenvalue weighted by molar-refractivity contribution is 5.78. The zero-order valence-electron chi connectivity index (χ0n) is 19.3. The Kier molecular flexibility index (Phi) is 4.89. The number of hydrogen-bond donors (Lipinski definition) is 0. The minimum Gasteiger partial charge on any atom is -0.371 e. The Morgan fingerprint density at radius 3 is 2.67 bits per heavy atom. The van der Waals surface area contributed by atoms with Crippen LogP contribution in [0.3, 0.4) is 0 Å². The van der Waals surface area contributed by atoms with Gasteiger partial charge in [0.2, 0.25) is 5.91 Å². The second kappa shape index (κ2) is 7.94. The molecule has 0 spiro atoms. The van der Waals surface area contributed by atoms with E-state index in [-0.39, 0.29) is 5.91 Å². The third-order valence-electron chi connectivity index (χ3n) is 7.20. The maximum atomic E-state index is 13.0. The molecular weight excluding hydrogens is 410 g/mol. The molecule has 5 heterocycles. The molecule has 0 bridgehead atoms. The zero-order chi connectivity index (χ0) is 22.5. The molecule has 0 N–H and O–H groups in total. The smallest absolute Gasteiger partial charge is 0.223 e. The number of pyridine rings is 3. The van der Waals surface area contributed by atoms with Crippen molar-refractivity contribution >= 4 is 11.6 Å². The van der Waals surface area contributed by atoms with Crippen molar-refractivity contribution < 1.29 is 4.79 Å². The van der Waals surface area contributed by atoms with Crippen molar-refractivity contribution in [2.75, 3.05) is 18.0 Å². The second-order valence-corrected chi connectivity index (χ2v) is 9.87. The molecule has 0 aromatic carbocycles. The maximum Gasteiger partial charge on any atom is 0.223 e. The molecule has 33 heavy (non-hydrogen) atoms. The number of aryl methyl sites for hydroxylation is 2. The van der Waals surface area contributed by atoms with Crippen LogP contribution in [0.15, 0.2) is 42.7 Å². The summed E-state index contributed by atoms with van der Waals surface area (Å²) in [6.07, 6.45) is 6.89. The first-order valence-corrected chi connectivity index (χ1v) is 11.9. The standard InChI is InChI=1S/C27H29N5O/c1-17-9-18(2)30-26-16-32(15-23(17)26)27(33)10-19-13-31(14-19)22-6-8-29-25(12-22)21-5-7-28-24(11-21)20-3-4-20/h5-9,11-12,19-20H,3-4,10,13-16H2,1-2H3. The summed E-state index contributed by atoms with van der Waals surface area (Å²) >= 11 is 0. The predicted octanol–water partition coefficient (Wildman–Crippen LogP) is 4.40. The first-order valence-electron chi connectivity index (χ1n) is 11.9. The number of anilines is 1. The molecule has 0 unspecified atom stereocenters. The van der Waals surface area contributed by atoms with Crippen LogP contribution in [0.2, 0.25) is 0 Å². The summed E-state index contributed by atoms with van der Waals surface area (Å²) in [7, 11) is 0. The van der Waals surface area contributed by atoms with E-state index in [1.807, 2.05) is 30.3 Å². The van der Waals surface area contributed by atoms with Crippen molar-refractivity contribution in [3.63, 3.8) is 0 Å². The van der Waals surface area contributed by atoms with E-state index in [1.165, 1.54) is 35.3 Å². The van der Waals surface area contributed by atoms with Gasteiger partial charge in [-0.1, -0.05) is 0 Å². The van der Waals surface area contributed by atoms with Gasteiger partial charge in [-0.2, -0.15) is 0 Å². The molecule has 1 saturated carbocycles. The maximum absolute atomic E-state index is 13.0. The van der Waals surface area contributed by atoms with Gasteiger partial charge < -0.3 is 9.80 Å². The highest BCUT2D eigenvalue weighted by atomic mass is 16.2. The van der Waals surface area contributed by atoms with Crippen LogP contribution in [0.25, 0.3) is 11.3 Å². The second-order valence-electron chi connectivity index (χ2n) is 9.87. The van der Waals surface area contributed by atoms with Crippen molar-refractivity contribution in [1.82, 2.24) is 19.9 Å². The van der Waals surface area contributed by atoms with Crippen LogP contribution < -0.4 is 4.90 Å².